The van der Waals surface area contributed by atoms with Gasteiger partial charge in [-0.25, -0.2) is 4.79 Å². The van der Waals surface area contributed by atoms with Crippen molar-refractivity contribution in [2.24, 2.45) is 0 Å². The minimum Gasteiger partial charge on any atom is -0.507 e. The van der Waals surface area contributed by atoms with Crippen LogP contribution in [0.4, 0.5) is 5.69 Å². The van der Waals surface area contributed by atoms with Gasteiger partial charge in [0.1, 0.15) is 23.5 Å². The van der Waals surface area contributed by atoms with Gasteiger partial charge >= 0.3 is 5.97 Å². The molecule has 0 spiro atoms. The number of carbonyl (C=O) groups is 2. The smallest absolute Gasteiger partial charge is 0.342 e. The number of hydrogen-bond donors (Lipinski definition) is 4. The molecule has 8 heteroatoms. The van der Waals surface area contributed by atoms with Crippen molar-refractivity contribution in [1.82, 2.24) is 4.90 Å². The number of phenols is 1. The summed E-state index contributed by atoms with van der Waals surface area (Å²) in [6.45, 7) is 9.44. The molecule has 1 aromatic rings. The number of rotatable bonds is 4. The zero-order valence-corrected chi connectivity index (χ0v) is 20.4. The third-order valence-corrected chi connectivity index (χ3v) is 5.70. The van der Waals surface area contributed by atoms with E-state index in [2.05, 4.69) is 10.2 Å². The number of phenolic OH excluding ortho intramolecular Hbond substituents is 1. The van der Waals surface area contributed by atoms with Crippen LogP contribution in [-0.2, 0) is 9.53 Å². The van der Waals surface area contributed by atoms with Gasteiger partial charge in [0.05, 0.1) is 6.10 Å². The zero-order chi connectivity index (χ0) is 25.1. The number of hydrogen-bond acceptors (Lipinski definition) is 8. The van der Waals surface area contributed by atoms with E-state index in [0.717, 1.165) is 19.6 Å². The van der Waals surface area contributed by atoms with Crippen molar-refractivity contribution >= 4 is 23.5 Å². The molecular weight excluding hydrogens is 436 g/mol. The molecule has 1 unspecified atom stereocenters. The van der Waals surface area contributed by atoms with Crippen molar-refractivity contribution in [1.29, 1.82) is 0 Å². The molecule has 3 atom stereocenters. The lowest BCUT2D eigenvalue weighted by atomic mass is 10.0. The summed E-state index contributed by atoms with van der Waals surface area (Å²) in [6, 6.07) is 3.24. The largest absolute Gasteiger partial charge is 0.507 e. The van der Waals surface area contributed by atoms with Gasteiger partial charge in [-0.2, -0.15) is 0 Å². The molecular formula is C26H38N2O6. The van der Waals surface area contributed by atoms with E-state index in [9.17, 15) is 24.9 Å². The Morgan fingerprint density at radius 1 is 1.06 bits per heavy atom. The van der Waals surface area contributed by atoms with E-state index >= 15 is 0 Å². The molecule has 0 aromatic heterocycles. The Bertz CT molecular complexity index is 876. The number of aliphatic hydroxyl groups excluding tert-OH is 2. The topological polar surface area (TPSA) is 119 Å². The number of ketones is 1. The molecule has 0 bridgehead atoms. The van der Waals surface area contributed by atoms with Crippen molar-refractivity contribution < 1.29 is 29.6 Å². The Hall–Kier alpha value is -2.68. The highest BCUT2D eigenvalue weighted by Crippen LogP contribution is 2.29. The standard InChI is InChI=1S/C24H32N2O6.C2H6/c1-16-6-4-8-19(27)23(30)20(28)9-5-7-17-14-18(15-21(29)22(17)24(31)32-16)25-10-13-26-11-2-3-12-26;1-2/h4-5,7-8,14-16,20,23,25,28-30H,2-3,6,9-13H2,1H3;1-2H3/b7-5+,8-4-;/t16-,20?,23+;/m0./s1. The van der Waals surface area contributed by atoms with E-state index in [-0.39, 0.29) is 24.2 Å². The maximum atomic E-state index is 12.8. The lowest BCUT2D eigenvalue weighted by molar-refractivity contribution is -0.127. The summed E-state index contributed by atoms with van der Waals surface area (Å²) in [5, 5.41) is 34.0. The third-order valence-electron chi connectivity index (χ3n) is 5.70. The molecule has 2 heterocycles. The zero-order valence-electron chi connectivity index (χ0n) is 20.4. The highest BCUT2D eigenvalue weighted by molar-refractivity contribution is 5.97. The van der Waals surface area contributed by atoms with Gasteiger partial charge in [0.25, 0.3) is 0 Å². The second kappa shape index (κ2) is 13.9. The molecule has 2 aliphatic heterocycles. The summed E-state index contributed by atoms with van der Waals surface area (Å²) in [7, 11) is 0. The number of nitrogens with one attached hydrogen (secondary N) is 1. The van der Waals surface area contributed by atoms with E-state index in [1.54, 1.807) is 25.1 Å². The molecule has 0 amide bonds. The lowest BCUT2D eigenvalue weighted by Crippen LogP contribution is -2.32. The molecule has 1 aromatic carbocycles. The summed E-state index contributed by atoms with van der Waals surface area (Å²) in [5.41, 5.74) is 1.11. The van der Waals surface area contributed by atoms with Gasteiger partial charge in [-0.15, -0.1) is 0 Å². The molecule has 188 valence electrons. The number of ether oxygens (including phenoxy) is 1. The van der Waals surface area contributed by atoms with E-state index in [1.807, 2.05) is 13.8 Å². The van der Waals surface area contributed by atoms with Gasteiger partial charge in [-0.1, -0.05) is 32.1 Å². The summed E-state index contributed by atoms with van der Waals surface area (Å²) >= 11 is 0. The number of benzene rings is 1. The molecule has 3 rings (SSSR count). The minimum atomic E-state index is -1.54. The molecule has 8 nitrogen and oxygen atoms in total. The van der Waals surface area contributed by atoms with Gasteiger partial charge in [-0.05, 0) is 57.0 Å². The van der Waals surface area contributed by atoms with Crippen LogP contribution in [-0.4, -0.2) is 76.5 Å². The summed E-state index contributed by atoms with van der Waals surface area (Å²) < 4.78 is 5.44. The van der Waals surface area contributed by atoms with Crippen LogP contribution in [0, 0.1) is 0 Å². The van der Waals surface area contributed by atoms with Crippen LogP contribution in [0.5, 0.6) is 5.75 Å². The number of aromatic hydroxyl groups is 1. The molecule has 1 saturated heterocycles. The Labute approximate surface area is 201 Å². The maximum absolute atomic E-state index is 12.8. The number of carbonyl (C=O) groups excluding carboxylic acids is 2. The van der Waals surface area contributed by atoms with Crippen LogP contribution >= 0.6 is 0 Å². The van der Waals surface area contributed by atoms with Crippen molar-refractivity contribution in [2.45, 2.75) is 64.8 Å². The third kappa shape index (κ3) is 7.97. The minimum absolute atomic E-state index is 0.000977. The van der Waals surface area contributed by atoms with Crippen LogP contribution in [0.15, 0.2) is 30.4 Å². The van der Waals surface area contributed by atoms with E-state index in [0.29, 0.717) is 17.8 Å². The molecule has 4 N–H and O–H groups in total. The predicted octanol–water partition coefficient (Wildman–Crippen LogP) is 3.13. The van der Waals surface area contributed by atoms with Crippen molar-refractivity contribution in [3.8, 4) is 5.75 Å². The first-order valence-corrected chi connectivity index (χ1v) is 12.1. The average molecular weight is 475 g/mol. The fourth-order valence-corrected chi connectivity index (χ4v) is 3.89. The highest BCUT2D eigenvalue weighted by atomic mass is 16.5. The number of likely N-dealkylation sites (tertiary alicyclic amines) is 1. The van der Waals surface area contributed by atoms with Gasteiger partial charge in [0.2, 0.25) is 0 Å². The first-order valence-electron chi connectivity index (χ1n) is 12.1. The van der Waals surface area contributed by atoms with E-state index in [4.69, 9.17) is 4.74 Å². The average Bonchev–Trinajstić information content (AvgIpc) is 3.32. The Kier molecular flexibility index (Phi) is 11.3. The number of fused-ring (bicyclic) bond motifs is 1. The fourth-order valence-electron chi connectivity index (χ4n) is 3.89. The van der Waals surface area contributed by atoms with E-state index < -0.39 is 30.1 Å². The lowest BCUT2D eigenvalue weighted by Gasteiger charge is -2.18. The Balaban J connectivity index is 0.00000199. The van der Waals surface area contributed by atoms with Crippen LogP contribution in [0.1, 0.15) is 62.4 Å². The molecule has 34 heavy (non-hydrogen) atoms. The predicted molar refractivity (Wildman–Crippen MR) is 133 cm³/mol. The second-order valence-corrected chi connectivity index (χ2v) is 8.34. The highest BCUT2D eigenvalue weighted by Gasteiger charge is 2.23. The Morgan fingerprint density at radius 3 is 2.44 bits per heavy atom. The van der Waals surface area contributed by atoms with Gasteiger partial charge < -0.3 is 30.3 Å². The summed E-state index contributed by atoms with van der Waals surface area (Å²) in [5.74, 6) is -1.48. The van der Waals surface area contributed by atoms with E-state index in [1.165, 1.54) is 31.1 Å². The molecule has 0 aliphatic carbocycles. The first-order chi connectivity index (χ1) is 16.3. The van der Waals surface area contributed by atoms with Crippen molar-refractivity contribution in [3.63, 3.8) is 0 Å². The SMILES string of the molecule is CC.C[C@H]1C/C=C\C(=O)[C@@H](O)C(O)C/C=C/c2cc(NCCN3CCCC3)cc(O)c2C(=O)O1. The molecule has 0 radical (unpaired) electrons. The second-order valence-electron chi connectivity index (χ2n) is 8.34. The Morgan fingerprint density at radius 2 is 1.74 bits per heavy atom. The first kappa shape index (κ1) is 27.6. The fraction of sp³-hybridized carbons (Fsp3) is 0.538. The van der Waals surface area contributed by atoms with Gasteiger partial charge in [-0.3, -0.25) is 4.79 Å². The monoisotopic (exact) mass is 474 g/mol. The van der Waals surface area contributed by atoms with Crippen LogP contribution in [0.25, 0.3) is 6.08 Å². The van der Waals surface area contributed by atoms with Crippen molar-refractivity contribution in [3.05, 3.63) is 41.5 Å². The molecule has 0 saturated carbocycles. The number of esters is 1. The number of nitrogens with zero attached hydrogens (tertiary/aromatic N) is 1. The summed E-state index contributed by atoms with van der Waals surface area (Å²) in [4.78, 5) is 27.1. The van der Waals surface area contributed by atoms with Gasteiger partial charge in [0.15, 0.2) is 5.78 Å². The van der Waals surface area contributed by atoms with Gasteiger partial charge in [0, 0.05) is 31.3 Å². The molecule has 1 fully saturated rings. The normalized spacial score (nSPS) is 25.9. The van der Waals surface area contributed by atoms with Crippen LogP contribution in [0.2, 0.25) is 0 Å². The maximum Gasteiger partial charge on any atom is 0.342 e. The quantitative estimate of drug-likeness (QED) is 0.492. The number of aliphatic hydroxyl groups is 2. The number of anilines is 1. The van der Waals surface area contributed by atoms with Crippen molar-refractivity contribution in [2.75, 3.05) is 31.5 Å². The van der Waals surface area contributed by atoms with Crippen LogP contribution in [0.3, 0.4) is 0 Å². The molecule has 2 aliphatic rings. The summed E-state index contributed by atoms with van der Waals surface area (Å²) in [6.07, 6.45) is 5.12. The number of cyclic esters (lactones) is 1. The van der Waals surface area contributed by atoms with Crippen LogP contribution < -0.4 is 5.32 Å².